The molecule has 2 aromatic rings. The van der Waals surface area contributed by atoms with E-state index in [1.165, 1.54) is 0 Å². The average Bonchev–Trinajstić information content (AvgIpc) is 2.96. The van der Waals surface area contributed by atoms with Crippen molar-refractivity contribution in [2.45, 2.75) is 19.3 Å². The van der Waals surface area contributed by atoms with Gasteiger partial charge < -0.3 is 10.1 Å². The molecular formula is C14H14F3N3O. The van der Waals surface area contributed by atoms with Crippen LogP contribution < -0.4 is 10.1 Å². The maximum absolute atomic E-state index is 12.4. The van der Waals surface area contributed by atoms with Crippen LogP contribution in [0.2, 0.25) is 0 Å². The second-order valence-electron chi connectivity index (χ2n) is 4.90. The van der Waals surface area contributed by atoms with Crippen molar-refractivity contribution in [1.29, 1.82) is 0 Å². The molecule has 0 saturated heterocycles. The molecule has 3 rings (SSSR count). The van der Waals surface area contributed by atoms with Crippen LogP contribution in [-0.2, 0) is 20.1 Å². The number of fused-ring (bicyclic) bond motifs is 1. The Balaban J connectivity index is 2.00. The lowest BCUT2D eigenvalue weighted by atomic mass is 10.1. The largest absolute Gasteiger partial charge is 0.483 e. The van der Waals surface area contributed by atoms with Gasteiger partial charge in [-0.1, -0.05) is 12.1 Å². The average molecular weight is 297 g/mol. The number of hydrogen-bond donors (Lipinski definition) is 1. The van der Waals surface area contributed by atoms with Crippen LogP contribution in [0.3, 0.4) is 0 Å². The number of alkyl halides is 3. The highest BCUT2D eigenvalue weighted by atomic mass is 19.4. The Labute approximate surface area is 119 Å². The Kier molecular flexibility index (Phi) is 3.36. The lowest BCUT2D eigenvalue weighted by molar-refractivity contribution is -0.153. The van der Waals surface area contributed by atoms with Gasteiger partial charge in [0, 0.05) is 31.3 Å². The van der Waals surface area contributed by atoms with Gasteiger partial charge in [-0.05, 0) is 12.1 Å². The van der Waals surface area contributed by atoms with Gasteiger partial charge in [0.25, 0.3) is 0 Å². The van der Waals surface area contributed by atoms with Gasteiger partial charge in [-0.3, -0.25) is 4.68 Å². The number of hydrogen-bond acceptors (Lipinski definition) is 3. The van der Waals surface area contributed by atoms with E-state index in [-0.39, 0.29) is 5.75 Å². The summed E-state index contributed by atoms with van der Waals surface area (Å²) in [6.07, 6.45) is -4.36. The van der Waals surface area contributed by atoms with Gasteiger partial charge in [0.2, 0.25) is 0 Å². The van der Waals surface area contributed by atoms with Gasteiger partial charge in [-0.2, -0.15) is 18.3 Å². The van der Waals surface area contributed by atoms with Crippen molar-refractivity contribution in [3.05, 3.63) is 35.5 Å². The number of nitrogens with one attached hydrogen (secondary N) is 1. The van der Waals surface area contributed by atoms with E-state index in [0.29, 0.717) is 18.7 Å². The van der Waals surface area contributed by atoms with E-state index in [9.17, 15) is 13.2 Å². The maximum atomic E-state index is 12.4. The monoisotopic (exact) mass is 297 g/mol. The van der Waals surface area contributed by atoms with Crippen molar-refractivity contribution in [1.82, 2.24) is 15.1 Å². The molecule has 0 aliphatic carbocycles. The van der Waals surface area contributed by atoms with Crippen molar-refractivity contribution in [3.8, 4) is 17.0 Å². The Hall–Kier alpha value is -2.02. The number of halogens is 3. The normalized spacial score (nSPS) is 14.3. The van der Waals surface area contributed by atoms with Crippen LogP contribution >= 0.6 is 0 Å². The van der Waals surface area contributed by atoms with Crippen molar-refractivity contribution in [2.75, 3.05) is 6.61 Å². The Morgan fingerprint density at radius 1 is 1.29 bits per heavy atom. The number of para-hydroxylation sites is 1. The van der Waals surface area contributed by atoms with Crippen LogP contribution in [0.5, 0.6) is 5.75 Å². The summed E-state index contributed by atoms with van der Waals surface area (Å²) in [7, 11) is 1.79. The van der Waals surface area contributed by atoms with Gasteiger partial charge in [0.1, 0.15) is 5.75 Å². The van der Waals surface area contributed by atoms with Gasteiger partial charge in [0.05, 0.1) is 11.4 Å². The van der Waals surface area contributed by atoms with Crippen LogP contribution in [-0.4, -0.2) is 22.6 Å². The molecule has 7 heteroatoms. The molecule has 0 spiro atoms. The summed E-state index contributed by atoms with van der Waals surface area (Å²) >= 11 is 0. The van der Waals surface area contributed by atoms with Crippen LogP contribution in [0, 0.1) is 0 Å². The molecule has 21 heavy (non-hydrogen) atoms. The zero-order valence-electron chi connectivity index (χ0n) is 11.4. The number of benzene rings is 1. The second-order valence-corrected chi connectivity index (χ2v) is 4.90. The molecule has 4 nitrogen and oxygen atoms in total. The molecule has 1 aromatic carbocycles. The highest BCUT2D eigenvalue weighted by Gasteiger charge is 2.29. The number of nitrogens with zero attached hydrogens (tertiary/aromatic N) is 2. The van der Waals surface area contributed by atoms with E-state index in [0.717, 1.165) is 17.0 Å². The molecule has 2 heterocycles. The highest BCUT2D eigenvalue weighted by molar-refractivity contribution is 5.71. The minimum Gasteiger partial charge on any atom is -0.483 e. The molecule has 0 atom stereocenters. The van der Waals surface area contributed by atoms with Crippen LogP contribution in [0.4, 0.5) is 13.2 Å². The molecule has 0 unspecified atom stereocenters. The molecule has 1 aliphatic heterocycles. The first-order valence-electron chi connectivity index (χ1n) is 6.50. The van der Waals surface area contributed by atoms with Crippen LogP contribution in [0.1, 0.15) is 11.3 Å². The highest BCUT2D eigenvalue weighted by Crippen LogP contribution is 2.35. The topological polar surface area (TPSA) is 39.1 Å². The zero-order chi connectivity index (χ0) is 15.0. The predicted octanol–water partition coefficient (Wildman–Crippen LogP) is 2.63. The summed E-state index contributed by atoms with van der Waals surface area (Å²) in [5, 5.41) is 7.58. The van der Waals surface area contributed by atoms with Crippen LogP contribution in [0.25, 0.3) is 11.3 Å². The van der Waals surface area contributed by atoms with Gasteiger partial charge in [0.15, 0.2) is 6.61 Å². The number of ether oxygens (including phenoxy) is 1. The number of rotatable bonds is 3. The minimum absolute atomic E-state index is 0.215. The second kappa shape index (κ2) is 5.07. The van der Waals surface area contributed by atoms with Crippen molar-refractivity contribution in [2.24, 2.45) is 7.05 Å². The van der Waals surface area contributed by atoms with E-state index < -0.39 is 12.8 Å². The molecule has 0 fully saturated rings. The fourth-order valence-corrected chi connectivity index (χ4v) is 2.54. The summed E-state index contributed by atoms with van der Waals surface area (Å²) < 4.78 is 43.7. The van der Waals surface area contributed by atoms with Crippen molar-refractivity contribution in [3.63, 3.8) is 0 Å². The first-order valence-corrected chi connectivity index (χ1v) is 6.50. The van der Waals surface area contributed by atoms with E-state index in [4.69, 9.17) is 4.74 Å². The Morgan fingerprint density at radius 2 is 2.05 bits per heavy atom. The molecule has 112 valence electrons. The number of aromatic nitrogens is 2. The quantitative estimate of drug-likeness (QED) is 0.946. The third kappa shape index (κ3) is 2.73. The molecule has 1 aromatic heterocycles. The number of aryl methyl sites for hydroxylation is 1. The van der Waals surface area contributed by atoms with E-state index >= 15 is 0 Å². The molecule has 1 aliphatic rings. The summed E-state index contributed by atoms with van der Waals surface area (Å²) in [6, 6.07) is 6.73. The fourth-order valence-electron chi connectivity index (χ4n) is 2.54. The molecule has 0 saturated carbocycles. The standard InChI is InChI=1S/C14H14F3N3O/c1-20-13(10-6-18-7-11(10)19-20)9-4-2-3-5-12(9)21-8-14(15,16)17/h2-5,18H,6-8H2,1H3. The van der Waals surface area contributed by atoms with E-state index in [2.05, 4.69) is 10.4 Å². The maximum Gasteiger partial charge on any atom is 0.422 e. The fraction of sp³-hybridized carbons (Fsp3) is 0.357. The smallest absolute Gasteiger partial charge is 0.422 e. The molecule has 0 amide bonds. The predicted molar refractivity (Wildman–Crippen MR) is 70.7 cm³/mol. The Bertz CT molecular complexity index is 664. The molecular weight excluding hydrogens is 283 g/mol. The minimum atomic E-state index is -4.36. The van der Waals surface area contributed by atoms with Gasteiger partial charge in [-0.25, -0.2) is 0 Å². The zero-order valence-corrected chi connectivity index (χ0v) is 11.4. The third-order valence-corrected chi connectivity index (χ3v) is 3.36. The molecule has 0 bridgehead atoms. The van der Waals surface area contributed by atoms with Gasteiger partial charge >= 0.3 is 6.18 Å². The Morgan fingerprint density at radius 3 is 2.81 bits per heavy atom. The van der Waals surface area contributed by atoms with E-state index in [1.807, 2.05) is 0 Å². The van der Waals surface area contributed by atoms with E-state index in [1.54, 1.807) is 36.0 Å². The van der Waals surface area contributed by atoms with Gasteiger partial charge in [-0.15, -0.1) is 0 Å². The first-order chi connectivity index (χ1) is 9.96. The third-order valence-electron chi connectivity index (χ3n) is 3.36. The first kappa shape index (κ1) is 13.9. The van der Waals surface area contributed by atoms with Crippen LogP contribution in [0.15, 0.2) is 24.3 Å². The summed E-state index contributed by atoms with van der Waals surface area (Å²) in [6.45, 7) is 0.0309. The summed E-state index contributed by atoms with van der Waals surface area (Å²) in [5.74, 6) is 0.215. The van der Waals surface area contributed by atoms with Crippen molar-refractivity contribution >= 4 is 0 Å². The van der Waals surface area contributed by atoms with Crippen molar-refractivity contribution < 1.29 is 17.9 Å². The summed E-state index contributed by atoms with van der Waals surface area (Å²) in [5.41, 5.74) is 3.37. The molecule has 0 radical (unpaired) electrons. The SMILES string of the molecule is Cn1nc2c(c1-c1ccccc1OCC(F)(F)F)CNC2. The molecule has 1 N–H and O–H groups in total. The lowest BCUT2D eigenvalue weighted by Gasteiger charge is -2.14. The summed E-state index contributed by atoms with van der Waals surface area (Å²) in [4.78, 5) is 0. The lowest BCUT2D eigenvalue weighted by Crippen LogP contribution is -2.19.